The van der Waals surface area contributed by atoms with E-state index in [9.17, 15) is 9.59 Å². The van der Waals surface area contributed by atoms with Crippen LogP contribution in [0, 0.1) is 0 Å². The fourth-order valence-corrected chi connectivity index (χ4v) is 4.26. The van der Waals surface area contributed by atoms with E-state index in [2.05, 4.69) is 10.1 Å². The van der Waals surface area contributed by atoms with E-state index >= 15 is 0 Å². The lowest BCUT2D eigenvalue weighted by atomic mass is 10.1. The standard InChI is InChI=1S/C23H13ClN4O2/c24-12-9-10-18-17(11-12)19-13-5-1-2-6-14(13)21(26-20(19)25-18)28-23(30)16-8-4-3-7-15(16)22(29)27-28/h1-11H,(H,25,26)(H,27,29). The van der Waals surface area contributed by atoms with Crippen molar-refractivity contribution >= 4 is 55.1 Å². The number of halogens is 1. The van der Waals surface area contributed by atoms with E-state index < -0.39 is 0 Å². The second-order valence-electron chi connectivity index (χ2n) is 7.15. The minimum atomic E-state index is -0.348. The van der Waals surface area contributed by atoms with Crippen molar-refractivity contribution in [2.24, 2.45) is 0 Å². The zero-order valence-corrected chi connectivity index (χ0v) is 16.2. The smallest absolute Gasteiger partial charge is 0.279 e. The number of aromatic nitrogens is 4. The fraction of sp³-hybridized carbons (Fsp3) is 0. The summed E-state index contributed by atoms with van der Waals surface area (Å²) >= 11 is 6.23. The number of benzene rings is 3. The summed E-state index contributed by atoms with van der Waals surface area (Å²) < 4.78 is 1.23. The Morgan fingerprint density at radius 1 is 0.800 bits per heavy atom. The van der Waals surface area contributed by atoms with Gasteiger partial charge in [-0.3, -0.25) is 14.7 Å². The van der Waals surface area contributed by atoms with Crippen LogP contribution in [-0.2, 0) is 0 Å². The number of aromatic amines is 2. The molecule has 30 heavy (non-hydrogen) atoms. The molecule has 7 heteroatoms. The number of nitrogens with one attached hydrogen (secondary N) is 2. The number of rotatable bonds is 1. The number of pyridine rings is 1. The first kappa shape index (κ1) is 17.0. The molecule has 0 atom stereocenters. The Morgan fingerprint density at radius 2 is 1.50 bits per heavy atom. The van der Waals surface area contributed by atoms with E-state index in [0.29, 0.717) is 27.3 Å². The highest BCUT2D eigenvalue weighted by Crippen LogP contribution is 2.34. The highest BCUT2D eigenvalue weighted by atomic mass is 35.5. The van der Waals surface area contributed by atoms with Gasteiger partial charge in [0.05, 0.1) is 10.8 Å². The molecule has 6 rings (SSSR count). The maximum absolute atomic E-state index is 13.2. The number of nitrogens with zero attached hydrogens (tertiary/aromatic N) is 2. The lowest BCUT2D eigenvalue weighted by molar-refractivity contribution is 0.787. The lowest BCUT2D eigenvalue weighted by Crippen LogP contribution is -2.29. The summed E-state index contributed by atoms with van der Waals surface area (Å²) in [6.45, 7) is 0. The molecule has 3 heterocycles. The molecule has 6 nitrogen and oxygen atoms in total. The quantitative estimate of drug-likeness (QED) is 0.416. The molecule has 144 valence electrons. The molecule has 0 amide bonds. The van der Waals surface area contributed by atoms with Crippen molar-refractivity contribution in [1.82, 2.24) is 19.7 Å². The Balaban J connectivity index is 1.82. The van der Waals surface area contributed by atoms with Crippen molar-refractivity contribution in [2.45, 2.75) is 0 Å². The predicted molar refractivity (Wildman–Crippen MR) is 120 cm³/mol. The molecule has 0 spiro atoms. The maximum Gasteiger partial charge on any atom is 0.279 e. The van der Waals surface area contributed by atoms with E-state index in [0.717, 1.165) is 27.1 Å². The van der Waals surface area contributed by atoms with Crippen LogP contribution in [0.4, 0.5) is 0 Å². The summed E-state index contributed by atoms with van der Waals surface area (Å²) in [5, 5.41) is 7.54. The molecule has 0 unspecified atom stereocenters. The first-order valence-electron chi connectivity index (χ1n) is 9.36. The Labute approximate surface area is 173 Å². The number of fused-ring (bicyclic) bond motifs is 6. The van der Waals surface area contributed by atoms with Gasteiger partial charge in [-0.25, -0.2) is 4.98 Å². The Kier molecular flexibility index (Phi) is 3.43. The predicted octanol–water partition coefficient (Wildman–Crippen LogP) is 4.52. The van der Waals surface area contributed by atoms with Gasteiger partial charge in [0, 0.05) is 26.7 Å². The topological polar surface area (TPSA) is 83.5 Å². The van der Waals surface area contributed by atoms with Gasteiger partial charge in [0.1, 0.15) is 5.65 Å². The second-order valence-corrected chi connectivity index (χ2v) is 7.58. The van der Waals surface area contributed by atoms with Gasteiger partial charge in [-0.05, 0) is 35.7 Å². The third-order valence-corrected chi connectivity index (χ3v) is 5.66. The molecule has 3 aromatic heterocycles. The molecule has 0 bridgehead atoms. The van der Waals surface area contributed by atoms with Crippen LogP contribution in [0.2, 0.25) is 5.02 Å². The molecule has 0 saturated carbocycles. The van der Waals surface area contributed by atoms with Gasteiger partial charge in [-0.15, -0.1) is 0 Å². The molecule has 0 fully saturated rings. The van der Waals surface area contributed by atoms with E-state index in [4.69, 9.17) is 16.6 Å². The van der Waals surface area contributed by atoms with Gasteiger partial charge in [0.15, 0.2) is 5.82 Å². The van der Waals surface area contributed by atoms with Crippen LogP contribution in [0.25, 0.3) is 49.3 Å². The molecule has 0 aliphatic heterocycles. The van der Waals surface area contributed by atoms with Crippen LogP contribution in [-0.4, -0.2) is 19.7 Å². The maximum atomic E-state index is 13.2. The van der Waals surface area contributed by atoms with Crippen LogP contribution in [0.1, 0.15) is 0 Å². The highest BCUT2D eigenvalue weighted by Gasteiger charge is 2.17. The molecule has 0 aliphatic carbocycles. The van der Waals surface area contributed by atoms with Gasteiger partial charge >= 0.3 is 0 Å². The Bertz CT molecular complexity index is 1760. The monoisotopic (exact) mass is 412 g/mol. The average Bonchev–Trinajstić information content (AvgIpc) is 3.13. The van der Waals surface area contributed by atoms with E-state index in [-0.39, 0.29) is 11.1 Å². The van der Waals surface area contributed by atoms with Crippen molar-refractivity contribution in [3.05, 3.63) is 92.5 Å². The van der Waals surface area contributed by atoms with Crippen molar-refractivity contribution in [3.63, 3.8) is 0 Å². The average molecular weight is 413 g/mol. The molecule has 0 radical (unpaired) electrons. The largest absolute Gasteiger partial charge is 0.339 e. The molecule has 3 aromatic carbocycles. The van der Waals surface area contributed by atoms with Crippen molar-refractivity contribution < 1.29 is 0 Å². The lowest BCUT2D eigenvalue weighted by Gasteiger charge is -2.10. The van der Waals surface area contributed by atoms with Crippen molar-refractivity contribution in [1.29, 1.82) is 0 Å². The van der Waals surface area contributed by atoms with Gasteiger partial charge in [-0.2, -0.15) is 4.68 Å². The fourth-order valence-electron chi connectivity index (χ4n) is 4.09. The van der Waals surface area contributed by atoms with Gasteiger partial charge in [-0.1, -0.05) is 48.0 Å². The summed E-state index contributed by atoms with van der Waals surface area (Å²) in [5.74, 6) is 0.364. The van der Waals surface area contributed by atoms with Crippen molar-refractivity contribution in [2.75, 3.05) is 0 Å². The zero-order valence-electron chi connectivity index (χ0n) is 15.4. The molecule has 0 aliphatic rings. The van der Waals surface area contributed by atoms with E-state index in [1.807, 2.05) is 42.5 Å². The van der Waals surface area contributed by atoms with Gasteiger partial charge < -0.3 is 4.98 Å². The minimum absolute atomic E-state index is 0.332. The molecule has 2 N–H and O–H groups in total. The highest BCUT2D eigenvalue weighted by molar-refractivity contribution is 6.32. The molecule has 0 saturated heterocycles. The summed E-state index contributed by atoms with van der Waals surface area (Å²) in [4.78, 5) is 33.9. The second kappa shape index (κ2) is 6.05. The number of hydrogen-bond donors (Lipinski definition) is 2. The van der Waals surface area contributed by atoms with Crippen LogP contribution in [0.3, 0.4) is 0 Å². The third-order valence-electron chi connectivity index (χ3n) is 5.43. The van der Waals surface area contributed by atoms with Crippen LogP contribution >= 0.6 is 11.6 Å². The summed E-state index contributed by atoms with van der Waals surface area (Å²) in [6, 6.07) is 20.0. The van der Waals surface area contributed by atoms with Gasteiger partial charge in [0.2, 0.25) is 0 Å². The zero-order chi connectivity index (χ0) is 20.4. The first-order valence-corrected chi connectivity index (χ1v) is 9.74. The van der Waals surface area contributed by atoms with Crippen LogP contribution < -0.4 is 11.1 Å². The molecular weight excluding hydrogens is 400 g/mol. The normalized spacial score (nSPS) is 11.8. The number of hydrogen-bond acceptors (Lipinski definition) is 3. The SMILES string of the molecule is O=c1[nH]n(-c2nc3[nH]c4ccc(Cl)cc4c3c3ccccc23)c(=O)c2ccccc12. The van der Waals surface area contributed by atoms with Crippen LogP contribution in [0.15, 0.2) is 76.3 Å². The van der Waals surface area contributed by atoms with Crippen LogP contribution in [0.5, 0.6) is 0 Å². The summed E-state index contributed by atoms with van der Waals surface area (Å²) in [7, 11) is 0. The number of H-pyrrole nitrogens is 2. The van der Waals surface area contributed by atoms with E-state index in [1.165, 1.54) is 4.68 Å². The van der Waals surface area contributed by atoms with Gasteiger partial charge in [0.25, 0.3) is 11.1 Å². The minimum Gasteiger partial charge on any atom is -0.339 e. The first-order chi connectivity index (χ1) is 14.6. The molecule has 6 aromatic rings. The summed E-state index contributed by atoms with van der Waals surface area (Å²) in [5.41, 5.74) is 0.825. The Morgan fingerprint density at radius 3 is 2.30 bits per heavy atom. The van der Waals surface area contributed by atoms with Crippen molar-refractivity contribution in [3.8, 4) is 5.82 Å². The summed E-state index contributed by atoms with van der Waals surface area (Å²) in [6.07, 6.45) is 0. The Hall–Kier alpha value is -3.90. The molecular formula is C23H13ClN4O2. The van der Waals surface area contributed by atoms with E-state index in [1.54, 1.807) is 24.3 Å². The third kappa shape index (κ3) is 2.28.